The van der Waals surface area contributed by atoms with Gasteiger partial charge >= 0.3 is 0 Å². The van der Waals surface area contributed by atoms with Crippen molar-refractivity contribution in [3.63, 3.8) is 0 Å². The van der Waals surface area contributed by atoms with Crippen LogP contribution in [0.3, 0.4) is 0 Å². The molecule has 1 aromatic heterocycles. The molecule has 1 fully saturated rings. The summed E-state index contributed by atoms with van der Waals surface area (Å²) < 4.78 is 0. The molecule has 3 amide bonds. The summed E-state index contributed by atoms with van der Waals surface area (Å²) in [4.78, 5) is 44.0. The third-order valence-electron chi connectivity index (χ3n) is 5.83. The summed E-state index contributed by atoms with van der Waals surface area (Å²) in [5, 5.41) is 13.6. The predicted octanol–water partition coefficient (Wildman–Crippen LogP) is 3.63. The zero-order valence-electron chi connectivity index (χ0n) is 18.4. The highest BCUT2D eigenvalue weighted by Crippen LogP contribution is 2.29. The lowest BCUT2D eigenvalue weighted by Gasteiger charge is -2.27. The van der Waals surface area contributed by atoms with Gasteiger partial charge in [-0.2, -0.15) is 10.1 Å². The molecular weight excluding hydrogens is 452 g/mol. The van der Waals surface area contributed by atoms with Gasteiger partial charge in [-0.15, -0.1) is 0 Å². The molecule has 5 rings (SSSR count). The van der Waals surface area contributed by atoms with Crippen molar-refractivity contribution in [3.05, 3.63) is 54.2 Å². The Morgan fingerprint density at radius 3 is 2.74 bits per heavy atom. The number of carbonyl (C=O) groups excluding carboxylic acids is 3. The topological polar surface area (TPSA) is 120 Å². The van der Waals surface area contributed by atoms with Crippen LogP contribution in [-0.4, -0.2) is 56.3 Å². The third-order valence-corrected chi connectivity index (χ3v) is 7.05. The molecular formula is C24H24N6O3S. The van der Waals surface area contributed by atoms with Crippen LogP contribution in [0.4, 0.5) is 11.4 Å². The van der Waals surface area contributed by atoms with Gasteiger partial charge in [0, 0.05) is 41.8 Å². The Bertz CT molecular complexity index is 1280. The average Bonchev–Trinajstić information content (AvgIpc) is 3.46. The van der Waals surface area contributed by atoms with Crippen LogP contribution in [0, 0.1) is 0 Å². The fraction of sp³-hybridized carbons (Fsp3) is 0.292. The highest BCUT2D eigenvalue weighted by atomic mass is 32.2. The fourth-order valence-corrected chi connectivity index (χ4v) is 5.19. The normalized spacial score (nSPS) is 18.1. The molecule has 2 aromatic carbocycles. The number of likely N-dealkylation sites (tertiary alicyclic amines) is 1. The van der Waals surface area contributed by atoms with E-state index in [4.69, 9.17) is 0 Å². The van der Waals surface area contributed by atoms with Crippen LogP contribution in [0.15, 0.2) is 53.7 Å². The summed E-state index contributed by atoms with van der Waals surface area (Å²) in [5.41, 5.74) is 2.44. The summed E-state index contributed by atoms with van der Waals surface area (Å²) >= 11 is 1.37. The first-order chi connectivity index (χ1) is 16.5. The Hall–Kier alpha value is -3.66. The second kappa shape index (κ2) is 9.68. The van der Waals surface area contributed by atoms with Crippen molar-refractivity contribution in [1.82, 2.24) is 15.1 Å². The molecule has 10 heteroatoms. The Kier molecular flexibility index (Phi) is 6.31. The standard InChI is InChI=1S/C24H24N6O3S/c31-21(13-20-23(33)28-24(34-20)30-9-2-1-3-10-30)26-17-6-4-5-15(11-17)22(32)27-18-7-8-19-16(12-18)14-25-29-19/h4-8,11-12,14,20H,1-3,9-10,13H2,(H,25,29)(H,26,31)(H,27,32). The molecule has 9 nitrogen and oxygen atoms in total. The van der Waals surface area contributed by atoms with Gasteiger partial charge in [0.2, 0.25) is 5.91 Å². The Morgan fingerprint density at radius 2 is 1.88 bits per heavy atom. The van der Waals surface area contributed by atoms with Crippen LogP contribution in [0.2, 0.25) is 0 Å². The number of piperidine rings is 1. The molecule has 2 aliphatic rings. The number of nitrogens with zero attached hydrogens (tertiary/aromatic N) is 3. The van der Waals surface area contributed by atoms with E-state index in [1.54, 1.807) is 36.5 Å². The molecule has 1 saturated heterocycles. The van der Waals surface area contributed by atoms with Crippen LogP contribution in [0.25, 0.3) is 10.9 Å². The summed E-state index contributed by atoms with van der Waals surface area (Å²) in [5.74, 6) is -0.840. The minimum absolute atomic E-state index is 0.0332. The molecule has 3 aromatic rings. The number of thioether (sulfide) groups is 1. The highest BCUT2D eigenvalue weighted by molar-refractivity contribution is 8.15. The maximum absolute atomic E-state index is 12.7. The van der Waals surface area contributed by atoms with Gasteiger partial charge in [-0.1, -0.05) is 17.8 Å². The van der Waals surface area contributed by atoms with Crippen LogP contribution in [0.5, 0.6) is 0 Å². The zero-order valence-corrected chi connectivity index (χ0v) is 19.2. The van der Waals surface area contributed by atoms with E-state index in [-0.39, 0.29) is 24.1 Å². The number of amides is 3. The minimum Gasteiger partial charge on any atom is -0.351 e. The number of aromatic amines is 1. The maximum Gasteiger partial charge on any atom is 0.262 e. The van der Waals surface area contributed by atoms with Crippen LogP contribution < -0.4 is 10.6 Å². The van der Waals surface area contributed by atoms with E-state index in [0.717, 1.165) is 42.0 Å². The summed E-state index contributed by atoms with van der Waals surface area (Å²) in [7, 11) is 0. The van der Waals surface area contributed by atoms with Crippen molar-refractivity contribution in [2.75, 3.05) is 23.7 Å². The molecule has 3 heterocycles. The molecule has 1 atom stereocenters. The van der Waals surface area contributed by atoms with E-state index in [2.05, 4.69) is 30.7 Å². The monoisotopic (exact) mass is 476 g/mol. The van der Waals surface area contributed by atoms with Crippen molar-refractivity contribution in [3.8, 4) is 0 Å². The van der Waals surface area contributed by atoms with E-state index >= 15 is 0 Å². The average molecular weight is 477 g/mol. The van der Waals surface area contributed by atoms with Crippen molar-refractivity contribution in [2.45, 2.75) is 30.9 Å². The number of H-pyrrole nitrogens is 1. The smallest absolute Gasteiger partial charge is 0.262 e. The lowest BCUT2D eigenvalue weighted by molar-refractivity contribution is -0.121. The molecule has 0 spiro atoms. The number of amidine groups is 1. The highest BCUT2D eigenvalue weighted by Gasteiger charge is 2.33. The van der Waals surface area contributed by atoms with E-state index in [1.807, 2.05) is 12.1 Å². The number of fused-ring (bicyclic) bond motifs is 1. The number of carbonyl (C=O) groups is 3. The lowest BCUT2D eigenvalue weighted by Crippen LogP contribution is -2.33. The van der Waals surface area contributed by atoms with Gasteiger partial charge in [0.25, 0.3) is 11.8 Å². The minimum atomic E-state index is -0.513. The second-order valence-electron chi connectivity index (χ2n) is 8.35. The number of benzene rings is 2. The molecule has 0 radical (unpaired) electrons. The molecule has 0 saturated carbocycles. The number of anilines is 2. The largest absolute Gasteiger partial charge is 0.351 e. The van der Waals surface area contributed by atoms with E-state index in [9.17, 15) is 14.4 Å². The number of hydrogen-bond donors (Lipinski definition) is 3. The summed E-state index contributed by atoms with van der Waals surface area (Å²) in [6.45, 7) is 1.81. The summed E-state index contributed by atoms with van der Waals surface area (Å²) in [6.07, 6.45) is 5.12. The first kappa shape index (κ1) is 22.1. The predicted molar refractivity (Wildman–Crippen MR) is 133 cm³/mol. The third kappa shape index (κ3) is 4.96. The van der Waals surface area contributed by atoms with Crippen LogP contribution in [-0.2, 0) is 9.59 Å². The SMILES string of the molecule is O=C(CC1SC(N2CCCCC2)=NC1=O)Nc1cccc(C(=O)Nc2ccc3[nH]ncc3c2)c1. The Morgan fingerprint density at radius 1 is 1.06 bits per heavy atom. The number of aliphatic imine (C=N–C) groups is 1. The fourth-order valence-electron chi connectivity index (χ4n) is 4.07. The van der Waals surface area contributed by atoms with E-state index in [1.165, 1.54) is 18.2 Å². The second-order valence-corrected chi connectivity index (χ2v) is 9.52. The molecule has 174 valence electrons. The van der Waals surface area contributed by atoms with Gasteiger partial charge in [0.1, 0.15) is 5.25 Å². The quantitative estimate of drug-likeness (QED) is 0.517. The molecule has 34 heavy (non-hydrogen) atoms. The van der Waals surface area contributed by atoms with Crippen molar-refractivity contribution in [1.29, 1.82) is 0 Å². The molecule has 0 bridgehead atoms. The van der Waals surface area contributed by atoms with Crippen LogP contribution >= 0.6 is 11.8 Å². The van der Waals surface area contributed by atoms with E-state index < -0.39 is 5.25 Å². The first-order valence-corrected chi connectivity index (χ1v) is 12.1. The van der Waals surface area contributed by atoms with Crippen molar-refractivity contribution >= 4 is 56.9 Å². The number of aromatic nitrogens is 2. The molecule has 3 N–H and O–H groups in total. The van der Waals surface area contributed by atoms with Gasteiger partial charge < -0.3 is 15.5 Å². The van der Waals surface area contributed by atoms with Crippen molar-refractivity contribution in [2.24, 2.45) is 4.99 Å². The maximum atomic E-state index is 12.7. The Balaban J connectivity index is 1.18. The van der Waals surface area contributed by atoms with Gasteiger partial charge in [-0.05, 0) is 55.7 Å². The van der Waals surface area contributed by atoms with E-state index in [0.29, 0.717) is 16.9 Å². The number of rotatable bonds is 5. The van der Waals surface area contributed by atoms with Crippen molar-refractivity contribution < 1.29 is 14.4 Å². The molecule has 2 aliphatic heterocycles. The Labute approximate surface area is 200 Å². The van der Waals surface area contributed by atoms with Crippen LogP contribution in [0.1, 0.15) is 36.0 Å². The molecule has 1 unspecified atom stereocenters. The number of hydrogen-bond acceptors (Lipinski definition) is 6. The van der Waals surface area contributed by atoms with Gasteiger partial charge in [-0.3, -0.25) is 19.5 Å². The van der Waals surface area contributed by atoms with Gasteiger partial charge in [-0.25, -0.2) is 0 Å². The number of nitrogens with one attached hydrogen (secondary N) is 3. The molecule has 0 aliphatic carbocycles. The van der Waals surface area contributed by atoms with Gasteiger partial charge in [0.15, 0.2) is 5.17 Å². The summed E-state index contributed by atoms with van der Waals surface area (Å²) in [6, 6.07) is 12.2. The van der Waals surface area contributed by atoms with Gasteiger partial charge in [0.05, 0.1) is 11.7 Å². The first-order valence-electron chi connectivity index (χ1n) is 11.2. The lowest BCUT2D eigenvalue weighted by atomic mass is 10.1. The zero-order chi connectivity index (χ0) is 23.5.